The molecule has 9 heteroatoms. The van der Waals surface area contributed by atoms with Crippen LogP contribution in [0.5, 0.6) is 0 Å². The Kier molecular flexibility index (Phi) is 5.79. The van der Waals surface area contributed by atoms with Crippen molar-refractivity contribution in [3.8, 4) is 0 Å². The Morgan fingerprint density at radius 1 is 1.33 bits per heavy atom. The predicted octanol–water partition coefficient (Wildman–Crippen LogP) is 0.504. The lowest BCUT2D eigenvalue weighted by molar-refractivity contribution is -0.120. The van der Waals surface area contributed by atoms with Crippen molar-refractivity contribution in [3.05, 3.63) is 0 Å². The van der Waals surface area contributed by atoms with Gasteiger partial charge in [-0.05, 0) is 32.9 Å². The summed E-state index contributed by atoms with van der Waals surface area (Å²) in [6.07, 6.45) is -1.12. The maximum Gasteiger partial charge on any atom is 0.205 e. The number of fused-ring (bicyclic) bond motifs is 1. The van der Waals surface area contributed by atoms with Gasteiger partial charge >= 0.3 is 0 Å². The molecule has 2 aliphatic rings. The van der Waals surface area contributed by atoms with Crippen LogP contribution in [0.25, 0.3) is 0 Å². The molecule has 0 amide bonds. The summed E-state index contributed by atoms with van der Waals surface area (Å²) in [5.74, 6) is 0. The second kappa shape index (κ2) is 6.86. The molecule has 2 rings (SSSR count). The van der Waals surface area contributed by atoms with Gasteiger partial charge < -0.3 is 23.5 Å². The van der Waals surface area contributed by atoms with Crippen LogP contribution in [0.2, 0.25) is 0 Å². The fraction of sp³-hybridized carbons (Fsp3) is 1.00. The quantitative estimate of drug-likeness (QED) is 0.648. The highest BCUT2D eigenvalue weighted by atomic mass is 32.5. The highest BCUT2D eigenvalue weighted by molar-refractivity contribution is 8.10. The maximum atomic E-state index is 6.18. The van der Waals surface area contributed by atoms with Crippen LogP contribution in [0, 0.1) is 0 Å². The van der Waals surface area contributed by atoms with Crippen LogP contribution in [0.15, 0.2) is 0 Å². The minimum absolute atomic E-state index is 0.209. The average molecular weight is 340 g/mol. The van der Waals surface area contributed by atoms with Gasteiger partial charge in [-0.3, -0.25) is 0 Å². The third-order valence-corrected chi connectivity index (χ3v) is 8.59. The lowest BCUT2D eigenvalue weighted by atomic mass is 10.1. The molecule has 2 fully saturated rings. The molecule has 0 bridgehead atoms. The lowest BCUT2D eigenvalue weighted by Gasteiger charge is -2.33. The van der Waals surface area contributed by atoms with E-state index in [9.17, 15) is 0 Å². The van der Waals surface area contributed by atoms with E-state index in [1.807, 2.05) is 30.5 Å². The van der Waals surface area contributed by atoms with Crippen LogP contribution in [0.1, 0.15) is 0 Å². The monoisotopic (exact) mass is 340 g/mol. The summed E-state index contributed by atoms with van der Waals surface area (Å²) in [6, 6.07) is 0. The van der Waals surface area contributed by atoms with Crippen molar-refractivity contribution in [2.24, 2.45) is 0 Å². The summed E-state index contributed by atoms with van der Waals surface area (Å²) in [6.45, 7) is -1.78. The minimum Gasteiger partial charge on any atom is -0.382 e. The number of likely N-dealkylation sites (N-methyl/N-ethyl adjacent to an activating group) is 1. The molecule has 21 heavy (non-hydrogen) atoms. The summed E-state index contributed by atoms with van der Waals surface area (Å²) >= 11 is 5.70. The van der Waals surface area contributed by atoms with E-state index in [1.54, 1.807) is 21.3 Å². The molecular weight excluding hydrogens is 315 g/mol. The van der Waals surface area contributed by atoms with Crippen molar-refractivity contribution in [2.45, 2.75) is 30.6 Å². The van der Waals surface area contributed by atoms with Gasteiger partial charge in [0.1, 0.15) is 30.6 Å². The third-order valence-electron chi connectivity index (χ3n) is 4.03. The zero-order valence-corrected chi connectivity index (χ0v) is 15.1. The smallest absolute Gasteiger partial charge is 0.205 e. The Hall–Kier alpha value is 0.370. The van der Waals surface area contributed by atoms with Crippen LogP contribution < -0.4 is 0 Å². The van der Waals surface area contributed by atoms with Crippen LogP contribution in [-0.4, -0.2) is 89.1 Å². The number of methoxy groups -OCH3 is 3. The van der Waals surface area contributed by atoms with E-state index in [0.717, 1.165) is 0 Å². The Labute approximate surface area is 131 Å². The molecule has 0 radical (unpaired) electrons. The Morgan fingerprint density at radius 2 is 2.00 bits per heavy atom. The molecular formula is C12H25N2O5PS. The molecule has 0 aliphatic carbocycles. The molecule has 0 aromatic carbocycles. The fourth-order valence-corrected chi connectivity index (χ4v) is 5.35. The average Bonchev–Trinajstić information content (AvgIpc) is 2.92. The molecule has 2 aliphatic heterocycles. The Bertz CT molecular complexity index is 413. The van der Waals surface area contributed by atoms with E-state index < -0.39 is 6.57 Å². The van der Waals surface area contributed by atoms with E-state index in [2.05, 4.69) is 0 Å². The first-order chi connectivity index (χ1) is 9.90. The second-order valence-electron chi connectivity index (χ2n) is 5.40. The minimum atomic E-state index is -2.22. The Morgan fingerprint density at radius 3 is 2.48 bits per heavy atom. The number of rotatable bonds is 6. The van der Waals surface area contributed by atoms with Gasteiger partial charge in [0.05, 0.1) is 6.61 Å². The number of ether oxygens (including phenoxy) is 4. The Balaban J connectivity index is 2.20. The molecule has 0 aromatic heterocycles. The second-order valence-corrected chi connectivity index (χ2v) is 9.45. The van der Waals surface area contributed by atoms with Crippen LogP contribution in [0.3, 0.4) is 0 Å². The topological polar surface area (TPSA) is 52.6 Å². The zero-order chi connectivity index (χ0) is 15.8. The molecule has 7 nitrogen and oxygen atoms in total. The van der Waals surface area contributed by atoms with Crippen LogP contribution in [-0.2, 0) is 35.3 Å². The van der Waals surface area contributed by atoms with E-state index >= 15 is 0 Å². The van der Waals surface area contributed by atoms with Gasteiger partial charge in [-0.1, -0.05) is 0 Å². The van der Waals surface area contributed by atoms with Crippen molar-refractivity contribution in [1.82, 2.24) is 9.34 Å². The summed E-state index contributed by atoms with van der Waals surface area (Å²) in [7, 11) is 10.7. The predicted molar refractivity (Wildman–Crippen MR) is 82.7 cm³/mol. The normalized spacial score (nSPS) is 41.7. The molecule has 2 heterocycles. The molecule has 6 atom stereocenters. The molecule has 0 aromatic rings. The van der Waals surface area contributed by atoms with E-state index in [0.29, 0.717) is 6.61 Å². The van der Waals surface area contributed by atoms with E-state index in [1.165, 1.54) is 0 Å². The van der Waals surface area contributed by atoms with Crippen molar-refractivity contribution in [2.75, 3.05) is 49.1 Å². The molecule has 124 valence electrons. The summed E-state index contributed by atoms with van der Waals surface area (Å²) in [5, 5.41) is 0. The lowest BCUT2D eigenvalue weighted by Crippen LogP contribution is -2.43. The molecule has 0 N–H and O–H groups in total. The van der Waals surface area contributed by atoms with Crippen LogP contribution in [0.4, 0.5) is 0 Å². The van der Waals surface area contributed by atoms with Crippen LogP contribution >= 0.6 is 6.57 Å². The first-order valence-corrected chi connectivity index (χ1v) is 9.42. The highest BCUT2D eigenvalue weighted by Crippen LogP contribution is 2.62. The van der Waals surface area contributed by atoms with Crippen molar-refractivity contribution in [1.29, 1.82) is 0 Å². The summed E-state index contributed by atoms with van der Waals surface area (Å²) in [5.41, 5.74) is 0. The fourth-order valence-electron chi connectivity index (χ4n) is 2.86. The van der Waals surface area contributed by atoms with Gasteiger partial charge in [0.15, 0.2) is 0 Å². The van der Waals surface area contributed by atoms with Crippen molar-refractivity contribution in [3.63, 3.8) is 0 Å². The van der Waals surface area contributed by atoms with Gasteiger partial charge in [-0.2, -0.15) is 0 Å². The molecule has 0 saturated carbocycles. The van der Waals surface area contributed by atoms with Crippen molar-refractivity contribution < 1.29 is 23.5 Å². The summed E-state index contributed by atoms with van der Waals surface area (Å²) < 4.78 is 32.6. The van der Waals surface area contributed by atoms with E-state index in [4.69, 9.17) is 35.3 Å². The van der Waals surface area contributed by atoms with Gasteiger partial charge in [-0.15, -0.1) is 0 Å². The first-order valence-electron chi connectivity index (χ1n) is 6.80. The number of nitrogens with zero attached hydrogens (tertiary/aromatic N) is 2. The van der Waals surface area contributed by atoms with Gasteiger partial charge in [-0.25, -0.2) is 9.34 Å². The number of hydrogen-bond donors (Lipinski definition) is 0. The van der Waals surface area contributed by atoms with Gasteiger partial charge in [0, 0.05) is 21.3 Å². The zero-order valence-electron chi connectivity index (χ0n) is 13.4. The standard InChI is InChI=1S/C12H25N2O5PS/c1-13(2)20(21)14(3)12-11(19-20)10(17-6)9(18-12)8(16-5)7-15-4/h8-12H,7H2,1-6H3/t8?,9-,10+,11?,12?,20?/m1/s1. The van der Waals surface area contributed by atoms with E-state index in [-0.39, 0.29) is 30.6 Å². The largest absolute Gasteiger partial charge is 0.382 e. The molecule has 2 saturated heterocycles. The number of hydrogen-bond acceptors (Lipinski definition) is 6. The van der Waals surface area contributed by atoms with Gasteiger partial charge in [0.2, 0.25) is 6.57 Å². The molecule has 0 spiro atoms. The van der Waals surface area contributed by atoms with Crippen molar-refractivity contribution >= 4 is 18.4 Å². The van der Waals surface area contributed by atoms with Gasteiger partial charge in [0.25, 0.3) is 0 Å². The highest BCUT2D eigenvalue weighted by Gasteiger charge is 2.59. The summed E-state index contributed by atoms with van der Waals surface area (Å²) in [4.78, 5) is 0. The first kappa shape index (κ1) is 17.7. The third kappa shape index (κ3) is 2.94. The SMILES string of the molecule is COCC(OC)[C@H]1OC2C(OP(=S)(N(C)C)N2C)[C@H]1OC. The molecule has 4 unspecified atom stereocenters. The maximum absolute atomic E-state index is 6.18.